The van der Waals surface area contributed by atoms with Crippen LogP contribution in [-0.2, 0) is 6.42 Å². The molecule has 1 atom stereocenters. The van der Waals surface area contributed by atoms with Crippen LogP contribution in [-0.4, -0.2) is 52.5 Å². The summed E-state index contributed by atoms with van der Waals surface area (Å²) in [5, 5.41) is 23.3. The maximum absolute atomic E-state index is 9.69. The molecule has 0 aliphatic heterocycles. The Morgan fingerprint density at radius 2 is 2.07 bits per heavy atom. The van der Waals surface area contributed by atoms with Gasteiger partial charge in [0.2, 0.25) is 5.82 Å². The molecule has 2 heterocycles. The van der Waals surface area contributed by atoms with E-state index in [-0.39, 0.29) is 12.5 Å². The fraction of sp³-hybridized carbons (Fsp3) is 0.350. The van der Waals surface area contributed by atoms with Crippen molar-refractivity contribution in [1.29, 1.82) is 0 Å². The van der Waals surface area contributed by atoms with Crippen LogP contribution in [0.2, 0.25) is 0 Å². The third-order valence-corrected chi connectivity index (χ3v) is 4.23. The molecular weight excluding hydrogens is 356 g/mol. The molecule has 0 aliphatic rings. The van der Waals surface area contributed by atoms with E-state index in [0.29, 0.717) is 37.1 Å². The average molecular weight is 382 g/mol. The molecule has 0 spiro atoms. The van der Waals surface area contributed by atoms with Gasteiger partial charge in [-0.1, -0.05) is 30.3 Å². The predicted octanol–water partition coefficient (Wildman–Crippen LogP) is 1.94. The van der Waals surface area contributed by atoms with Gasteiger partial charge in [-0.15, -0.1) is 0 Å². The molecule has 8 nitrogen and oxygen atoms in total. The van der Waals surface area contributed by atoms with Gasteiger partial charge in [-0.3, -0.25) is 10.1 Å². The molecule has 3 rings (SSSR count). The van der Waals surface area contributed by atoms with Crippen molar-refractivity contribution in [2.75, 3.05) is 26.2 Å². The molecule has 0 amide bonds. The highest BCUT2D eigenvalue weighted by molar-refractivity contribution is 5.79. The minimum atomic E-state index is -0.0261. The number of furan rings is 1. The van der Waals surface area contributed by atoms with Crippen molar-refractivity contribution >= 4 is 5.96 Å². The fourth-order valence-corrected chi connectivity index (χ4v) is 2.76. The first-order valence-electron chi connectivity index (χ1n) is 9.43. The van der Waals surface area contributed by atoms with Crippen molar-refractivity contribution in [2.45, 2.75) is 19.3 Å². The molecule has 4 N–H and O–H groups in total. The second-order valence-electron chi connectivity index (χ2n) is 6.27. The Hall–Kier alpha value is -3.13. The van der Waals surface area contributed by atoms with Gasteiger partial charge in [-0.2, -0.15) is 5.10 Å². The summed E-state index contributed by atoms with van der Waals surface area (Å²) in [7, 11) is 0. The van der Waals surface area contributed by atoms with Crippen molar-refractivity contribution in [3.8, 4) is 11.6 Å². The number of aliphatic hydroxyl groups excluding tert-OH is 1. The molecule has 0 aliphatic carbocycles. The number of aromatic nitrogens is 3. The molecule has 0 fully saturated rings. The second-order valence-corrected chi connectivity index (χ2v) is 6.27. The number of aromatic amines is 1. The first-order valence-corrected chi connectivity index (χ1v) is 9.43. The summed E-state index contributed by atoms with van der Waals surface area (Å²) in [6.07, 6.45) is 2.27. The summed E-state index contributed by atoms with van der Waals surface area (Å²) in [5.41, 5.74) is 1.08. The van der Waals surface area contributed by atoms with Crippen LogP contribution in [0.15, 0.2) is 58.1 Å². The first-order chi connectivity index (χ1) is 13.8. The fourth-order valence-electron chi connectivity index (χ4n) is 2.76. The predicted molar refractivity (Wildman–Crippen MR) is 108 cm³/mol. The van der Waals surface area contributed by atoms with Gasteiger partial charge >= 0.3 is 0 Å². The van der Waals surface area contributed by atoms with Crippen molar-refractivity contribution in [3.63, 3.8) is 0 Å². The van der Waals surface area contributed by atoms with Crippen molar-refractivity contribution in [2.24, 2.45) is 4.99 Å². The molecule has 1 aromatic carbocycles. The zero-order valence-electron chi connectivity index (χ0n) is 15.9. The molecule has 0 saturated carbocycles. The van der Waals surface area contributed by atoms with E-state index in [1.165, 1.54) is 0 Å². The number of benzene rings is 1. The lowest BCUT2D eigenvalue weighted by Gasteiger charge is -2.15. The number of nitrogens with zero attached hydrogens (tertiary/aromatic N) is 3. The minimum absolute atomic E-state index is 0.0261. The number of nitrogens with one attached hydrogen (secondary N) is 3. The summed E-state index contributed by atoms with van der Waals surface area (Å²) < 4.78 is 5.30. The summed E-state index contributed by atoms with van der Waals surface area (Å²) in [4.78, 5) is 9.04. The smallest absolute Gasteiger partial charge is 0.216 e. The molecule has 148 valence electrons. The maximum Gasteiger partial charge on any atom is 0.216 e. The number of rotatable bonds is 9. The number of aliphatic imine (C=N–C) groups is 1. The Bertz CT molecular complexity index is 845. The van der Waals surface area contributed by atoms with E-state index in [1.54, 1.807) is 12.3 Å². The van der Waals surface area contributed by atoms with Crippen molar-refractivity contribution in [3.05, 3.63) is 60.1 Å². The molecule has 0 bridgehead atoms. The van der Waals surface area contributed by atoms with Crippen LogP contribution in [0.1, 0.15) is 24.2 Å². The Morgan fingerprint density at radius 1 is 1.21 bits per heavy atom. The summed E-state index contributed by atoms with van der Waals surface area (Å²) >= 11 is 0. The largest absolute Gasteiger partial charge is 0.461 e. The van der Waals surface area contributed by atoms with Crippen molar-refractivity contribution < 1.29 is 9.52 Å². The van der Waals surface area contributed by atoms with E-state index in [9.17, 15) is 5.11 Å². The van der Waals surface area contributed by atoms with Gasteiger partial charge in [0.1, 0.15) is 5.82 Å². The summed E-state index contributed by atoms with van der Waals surface area (Å²) in [6, 6.07) is 13.6. The number of hydrogen-bond donors (Lipinski definition) is 4. The van der Waals surface area contributed by atoms with Crippen LogP contribution in [0.4, 0.5) is 0 Å². The minimum Gasteiger partial charge on any atom is -0.461 e. The van der Waals surface area contributed by atoms with Gasteiger partial charge in [0.25, 0.3) is 0 Å². The average Bonchev–Trinajstić information content (AvgIpc) is 3.41. The van der Waals surface area contributed by atoms with Crippen LogP contribution in [0, 0.1) is 0 Å². The standard InChI is InChI=1S/C20H26N6O2/c1-2-21-20(23-13-16(14-27)15-7-4-3-5-8-15)22-11-10-18-24-19(26-25-18)17-9-6-12-28-17/h3-9,12,16,27H,2,10-11,13-14H2,1H3,(H2,21,22,23)(H,24,25,26). The lowest BCUT2D eigenvalue weighted by Crippen LogP contribution is -2.38. The van der Waals surface area contributed by atoms with Gasteiger partial charge < -0.3 is 20.2 Å². The van der Waals surface area contributed by atoms with Crippen LogP contribution in [0.3, 0.4) is 0 Å². The molecule has 0 saturated heterocycles. The third-order valence-electron chi connectivity index (χ3n) is 4.23. The van der Waals surface area contributed by atoms with Crippen LogP contribution in [0.5, 0.6) is 0 Å². The van der Waals surface area contributed by atoms with Crippen LogP contribution < -0.4 is 10.6 Å². The Labute approximate surface area is 164 Å². The maximum atomic E-state index is 9.69. The van der Waals surface area contributed by atoms with E-state index in [1.807, 2.05) is 43.3 Å². The highest BCUT2D eigenvalue weighted by Gasteiger charge is 2.11. The summed E-state index contributed by atoms with van der Waals surface area (Å²) in [6.45, 7) is 3.98. The highest BCUT2D eigenvalue weighted by Crippen LogP contribution is 2.15. The van der Waals surface area contributed by atoms with Gasteiger partial charge in [-0.05, 0) is 24.6 Å². The molecule has 8 heteroatoms. The van der Waals surface area contributed by atoms with E-state index in [2.05, 4.69) is 30.8 Å². The summed E-state index contributed by atoms with van der Waals surface area (Å²) in [5.74, 6) is 2.65. The van der Waals surface area contributed by atoms with E-state index in [0.717, 1.165) is 17.9 Å². The first kappa shape index (κ1) is 19.6. The Morgan fingerprint density at radius 3 is 2.79 bits per heavy atom. The molecule has 3 aromatic rings. The van der Waals surface area contributed by atoms with Gasteiger partial charge in [-0.25, -0.2) is 4.98 Å². The van der Waals surface area contributed by atoms with Crippen LogP contribution >= 0.6 is 0 Å². The normalized spacial score (nSPS) is 12.7. The van der Waals surface area contributed by atoms with E-state index in [4.69, 9.17) is 4.42 Å². The lowest BCUT2D eigenvalue weighted by molar-refractivity contribution is 0.268. The van der Waals surface area contributed by atoms with E-state index < -0.39 is 0 Å². The molecule has 28 heavy (non-hydrogen) atoms. The Balaban J connectivity index is 1.53. The third kappa shape index (κ3) is 5.43. The van der Waals surface area contributed by atoms with Gasteiger partial charge in [0.15, 0.2) is 11.7 Å². The second kappa shape index (κ2) is 10.3. The van der Waals surface area contributed by atoms with Crippen molar-refractivity contribution in [1.82, 2.24) is 25.8 Å². The number of guanidine groups is 1. The zero-order valence-corrected chi connectivity index (χ0v) is 15.9. The number of hydrogen-bond acceptors (Lipinski definition) is 5. The molecular formula is C20H26N6O2. The van der Waals surface area contributed by atoms with E-state index >= 15 is 0 Å². The zero-order chi connectivity index (χ0) is 19.6. The number of H-pyrrole nitrogens is 1. The Kier molecular flexibility index (Phi) is 7.20. The van der Waals surface area contributed by atoms with Crippen LogP contribution in [0.25, 0.3) is 11.6 Å². The number of aliphatic hydroxyl groups is 1. The SMILES string of the molecule is CCNC(=NCC(CO)c1ccccc1)NCCc1nc(-c2ccco2)n[nH]1. The quantitative estimate of drug-likeness (QED) is 0.332. The monoisotopic (exact) mass is 382 g/mol. The lowest BCUT2D eigenvalue weighted by atomic mass is 10.0. The molecule has 0 radical (unpaired) electrons. The molecule has 1 unspecified atom stereocenters. The topological polar surface area (TPSA) is 111 Å². The highest BCUT2D eigenvalue weighted by atomic mass is 16.3. The molecule has 2 aromatic heterocycles. The van der Waals surface area contributed by atoms with Gasteiger partial charge in [0.05, 0.1) is 19.4 Å². The van der Waals surface area contributed by atoms with Gasteiger partial charge in [0, 0.05) is 25.4 Å².